The molecule has 0 aromatic rings. The molecule has 0 aromatic heterocycles. The molecule has 0 unspecified atom stereocenters. The van der Waals surface area contributed by atoms with E-state index in [0.29, 0.717) is 11.7 Å². The molecule has 1 nitrogen and oxygen atoms in total. The molecule has 1 fully saturated rings. The second-order valence-electron chi connectivity index (χ2n) is 6.44. The Balaban J connectivity index is 2.22. The summed E-state index contributed by atoms with van der Waals surface area (Å²) in [5.41, 5.74) is 0.140. The van der Waals surface area contributed by atoms with E-state index in [1.54, 1.807) is 0 Å². The first kappa shape index (κ1) is 13.7. The molecule has 1 aliphatic rings. The van der Waals surface area contributed by atoms with Crippen molar-refractivity contribution in [1.82, 2.24) is 0 Å². The zero-order valence-electron chi connectivity index (χ0n) is 11.5. The summed E-state index contributed by atoms with van der Waals surface area (Å²) < 4.78 is 0. The summed E-state index contributed by atoms with van der Waals surface area (Å²) in [6, 6.07) is 0. The summed E-state index contributed by atoms with van der Waals surface area (Å²) in [5.74, 6) is 1.88. The third-order valence-corrected chi connectivity index (χ3v) is 3.73. The van der Waals surface area contributed by atoms with Crippen molar-refractivity contribution in [2.24, 2.45) is 17.3 Å². The summed E-state index contributed by atoms with van der Waals surface area (Å²) in [7, 11) is 0. The van der Waals surface area contributed by atoms with Gasteiger partial charge < -0.3 is 0 Å². The van der Waals surface area contributed by atoms with E-state index < -0.39 is 0 Å². The van der Waals surface area contributed by atoms with Gasteiger partial charge in [-0.3, -0.25) is 4.79 Å². The fourth-order valence-corrected chi connectivity index (χ4v) is 2.42. The predicted octanol–water partition coefficient (Wildman–Crippen LogP) is 4.60. The number of hydrogen-bond acceptors (Lipinski definition) is 1. The van der Waals surface area contributed by atoms with E-state index in [1.165, 1.54) is 32.1 Å². The minimum Gasteiger partial charge on any atom is -0.299 e. The Morgan fingerprint density at radius 3 is 2.12 bits per heavy atom. The summed E-state index contributed by atoms with van der Waals surface area (Å²) in [6.07, 6.45) is 8.15. The summed E-state index contributed by atoms with van der Waals surface area (Å²) >= 11 is 0. The molecule has 0 atom stereocenters. The van der Waals surface area contributed by atoms with E-state index in [2.05, 4.69) is 27.7 Å². The van der Waals surface area contributed by atoms with Gasteiger partial charge in [0.1, 0.15) is 5.78 Å². The van der Waals surface area contributed by atoms with Crippen LogP contribution in [0.5, 0.6) is 0 Å². The van der Waals surface area contributed by atoms with E-state index in [0.717, 1.165) is 18.8 Å². The minimum absolute atomic E-state index is 0.140. The Kier molecular flexibility index (Phi) is 5.01. The number of Topliss-reactive ketones (excluding diaryl/α,β-unsaturated/α-hetero) is 1. The second kappa shape index (κ2) is 5.84. The van der Waals surface area contributed by atoms with Crippen LogP contribution >= 0.6 is 0 Å². The highest BCUT2D eigenvalue weighted by atomic mass is 16.1. The molecule has 0 amide bonds. The number of unbranched alkanes of at least 4 members (excludes halogenated alkanes) is 1. The number of ketones is 1. The van der Waals surface area contributed by atoms with E-state index in [4.69, 9.17) is 0 Å². The van der Waals surface area contributed by atoms with Crippen LogP contribution in [0.4, 0.5) is 0 Å². The Morgan fingerprint density at radius 2 is 1.69 bits per heavy atom. The number of carbonyl (C=O) groups excluding carboxylic acids is 1. The van der Waals surface area contributed by atoms with Gasteiger partial charge in [0.15, 0.2) is 0 Å². The van der Waals surface area contributed by atoms with Crippen molar-refractivity contribution in [2.75, 3.05) is 0 Å². The number of rotatable bonds is 8. The van der Waals surface area contributed by atoms with Gasteiger partial charge in [-0.1, -0.05) is 47.0 Å². The molecule has 94 valence electrons. The molecule has 0 heterocycles. The van der Waals surface area contributed by atoms with Crippen LogP contribution in [0.1, 0.15) is 72.6 Å². The van der Waals surface area contributed by atoms with Crippen LogP contribution in [0, 0.1) is 17.3 Å². The summed E-state index contributed by atoms with van der Waals surface area (Å²) in [4.78, 5) is 12.1. The molecule has 1 heteroatoms. The van der Waals surface area contributed by atoms with Crippen molar-refractivity contribution >= 4 is 5.78 Å². The Hall–Kier alpha value is -0.330. The van der Waals surface area contributed by atoms with Gasteiger partial charge in [-0.15, -0.1) is 0 Å². The third-order valence-electron chi connectivity index (χ3n) is 3.73. The largest absolute Gasteiger partial charge is 0.299 e. The van der Waals surface area contributed by atoms with Crippen LogP contribution < -0.4 is 0 Å². The topological polar surface area (TPSA) is 17.1 Å². The van der Waals surface area contributed by atoms with Crippen LogP contribution in [0.25, 0.3) is 0 Å². The predicted molar refractivity (Wildman–Crippen MR) is 69.4 cm³/mol. The molecule has 16 heavy (non-hydrogen) atoms. The molecule has 0 N–H and O–H groups in total. The highest BCUT2D eigenvalue weighted by Crippen LogP contribution is 2.51. The van der Waals surface area contributed by atoms with Crippen molar-refractivity contribution in [2.45, 2.75) is 72.6 Å². The molecule has 1 aliphatic carbocycles. The van der Waals surface area contributed by atoms with Gasteiger partial charge in [-0.2, -0.15) is 0 Å². The molecule has 1 rings (SSSR count). The lowest BCUT2D eigenvalue weighted by Gasteiger charge is -2.15. The van der Waals surface area contributed by atoms with Crippen LogP contribution in [-0.2, 0) is 4.79 Å². The fourth-order valence-electron chi connectivity index (χ4n) is 2.42. The molecular weight excluding hydrogens is 196 g/mol. The molecule has 0 radical (unpaired) electrons. The first-order valence-corrected chi connectivity index (χ1v) is 6.99. The maximum atomic E-state index is 12.1. The maximum Gasteiger partial charge on any atom is 0.139 e. The zero-order valence-corrected chi connectivity index (χ0v) is 11.5. The standard InChI is InChI=1S/C15H28O/c1-12(2)7-5-6-8-15(9-10-15)14(16)11-13(3)4/h12-13H,5-11H2,1-4H3. The Labute approximate surface area is 101 Å². The lowest BCUT2D eigenvalue weighted by Crippen LogP contribution is -2.17. The van der Waals surface area contributed by atoms with E-state index in [-0.39, 0.29) is 5.41 Å². The van der Waals surface area contributed by atoms with Crippen LogP contribution in [-0.4, -0.2) is 5.78 Å². The Bertz CT molecular complexity index is 224. The highest BCUT2D eigenvalue weighted by molar-refractivity contribution is 5.87. The molecule has 0 aliphatic heterocycles. The van der Waals surface area contributed by atoms with Crippen molar-refractivity contribution in [3.63, 3.8) is 0 Å². The normalized spacial score (nSPS) is 18.1. The lowest BCUT2D eigenvalue weighted by molar-refractivity contribution is -0.125. The van der Waals surface area contributed by atoms with Gasteiger partial charge >= 0.3 is 0 Å². The van der Waals surface area contributed by atoms with Gasteiger partial charge in [-0.25, -0.2) is 0 Å². The molecule has 0 bridgehead atoms. The smallest absolute Gasteiger partial charge is 0.139 e. The van der Waals surface area contributed by atoms with Crippen molar-refractivity contribution < 1.29 is 4.79 Å². The van der Waals surface area contributed by atoms with Crippen molar-refractivity contribution in [3.05, 3.63) is 0 Å². The van der Waals surface area contributed by atoms with Gasteiger partial charge in [0.25, 0.3) is 0 Å². The van der Waals surface area contributed by atoms with Gasteiger partial charge in [0, 0.05) is 11.8 Å². The van der Waals surface area contributed by atoms with Gasteiger partial charge in [0.05, 0.1) is 0 Å². The fraction of sp³-hybridized carbons (Fsp3) is 0.933. The summed E-state index contributed by atoms with van der Waals surface area (Å²) in [5, 5.41) is 0. The SMILES string of the molecule is CC(C)CCCCC1(C(=O)CC(C)C)CC1. The monoisotopic (exact) mass is 224 g/mol. The molecule has 0 spiro atoms. The first-order valence-electron chi connectivity index (χ1n) is 6.99. The number of carbonyl (C=O) groups is 1. The van der Waals surface area contributed by atoms with Gasteiger partial charge in [0.2, 0.25) is 0 Å². The highest BCUT2D eigenvalue weighted by Gasteiger charge is 2.47. The van der Waals surface area contributed by atoms with Crippen LogP contribution in [0.3, 0.4) is 0 Å². The average Bonchev–Trinajstić information content (AvgIpc) is 2.92. The third kappa shape index (κ3) is 4.27. The molecule has 0 aromatic carbocycles. The molecule has 1 saturated carbocycles. The van der Waals surface area contributed by atoms with E-state index in [9.17, 15) is 4.79 Å². The molecule has 0 saturated heterocycles. The van der Waals surface area contributed by atoms with Gasteiger partial charge in [-0.05, 0) is 31.1 Å². The zero-order chi connectivity index (χ0) is 12.2. The van der Waals surface area contributed by atoms with Crippen molar-refractivity contribution in [3.8, 4) is 0 Å². The quantitative estimate of drug-likeness (QED) is 0.551. The van der Waals surface area contributed by atoms with Crippen LogP contribution in [0.15, 0.2) is 0 Å². The Morgan fingerprint density at radius 1 is 1.06 bits per heavy atom. The lowest BCUT2D eigenvalue weighted by atomic mass is 9.88. The molecular formula is C15H28O. The second-order valence-corrected chi connectivity index (χ2v) is 6.44. The van der Waals surface area contributed by atoms with Crippen molar-refractivity contribution in [1.29, 1.82) is 0 Å². The average molecular weight is 224 g/mol. The first-order chi connectivity index (χ1) is 7.46. The summed E-state index contributed by atoms with van der Waals surface area (Å²) in [6.45, 7) is 8.84. The number of hydrogen-bond donors (Lipinski definition) is 0. The van der Waals surface area contributed by atoms with E-state index in [1.807, 2.05) is 0 Å². The minimum atomic E-state index is 0.140. The van der Waals surface area contributed by atoms with Crippen LogP contribution in [0.2, 0.25) is 0 Å². The maximum absolute atomic E-state index is 12.1. The van der Waals surface area contributed by atoms with E-state index >= 15 is 0 Å².